The van der Waals surface area contributed by atoms with E-state index in [2.05, 4.69) is 5.32 Å². The standard InChI is InChI=1S/C13H18N2O2/c14-13(16)12(10-6-8-15-9-7-10)17-11-4-2-1-3-5-11/h1-5,10,12,15H,6-9H2,(H2,14,16). The zero-order valence-corrected chi connectivity index (χ0v) is 9.76. The molecule has 1 aliphatic rings. The Balaban J connectivity index is 2.04. The summed E-state index contributed by atoms with van der Waals surface area (Å²) in [4.78, 5) is 11.5. The molecule has 4 heteroatoms. The molecule has 1 aliphatic heterocycles. The number of rotatable bonds is 4. The van der Waals surface area contributed by atoms with Gasteiger partial charge in [0, 0.05) is 5.92 Å². The van der Waals surface area contributed by atoms with E-state index in [0.717, 1.165) is 25.9 Å². The fourth-order valence-electron chi connectivity index (χ4n) is 2.18. The Kier molecular flexibility index (Phi) is 3.98. The maximum absolute atomic E-state index is 11.5. The van der Waals surface area contributed by atoms with Crippen LogP contribution in [0.1, 0.15) is 12.8 Å². The largest absolute Gasteiger partial charge is 0.480 e. The molecule has 0 spiro atoms. The van der Waals surface area contributed by atoms with Gasteiger partial charge in [0.1, 0.15) is 5.75 Å². The van der Waals surface area contributed by atoms with Gasteiger partial charge in [-0.2, -0.15) is 0 Å². The zero-order valence-electron chi connectivity index (χ0n) is 9.76. The monoisotopic (exact) mass is 234 g/mol. The maximum Gasteiger partial charge on any atom is 0.258 e. The van der Waals surface area contributed by atoms with Gasteiger partial charge in [-0.25, -0.2) is 0 Å². The highest BCUT2D eigenvalue weighted by Gasteiger charge is 2.29. The van der Waals surface area contributed by atoms with Crippen molar-refractivity contribution < 1.29 is 9.53 Å². The number of benzene rings is 1. The summed E-state index contributed by atoms with van der Waals surface area (Å²) >= 11 is 0. The molecule has 1 amide bonds. The average Bonchev–Trinajstić information content (AvgIpc) is 2.38. The van der Waals surface area contributed by atoms with Gasteiger partial charge in [0.2, 0.25) is 0 Å². The molecular weight excluding hydrogens is 216 g/mol. The van der Waals surface area contributed by atoms with Crippen LogP contribution in [-0.2, 0) is 4.79 Å². The second kappa shape index (κ2) is 5.68. The van der Waals surface area contributed by atoms with Gasteiger partial charge in [0.15, 0.2) is 6.10 Å². The molecule has 0 saturated carbocycles. The molecule has 1 atom stereocenters. The van der Waals surface area contributed by atoms with E-state index in [9.17, 15) is 4.79 Å². The van der Waals surface area contributed by atoms with Crippen LogP contribution in [0.15, 0.2) is 30.3 Å². The van der Waals surface area contributed by atoms with Crippen LogP contribution in [-0.4, -0.2) is 25.1 Å². The van der Waals surface area contributed by atoms with E-state index < -0.39 is 6.10 Å². The van der Waals surface area contributed by atoms with Crippen molar-refractivity contribution in [3.05, 3.63) is 30.3 Å². The Labute approximate surface area is 101 Å². The lowest BCUT2D eigenvalue weighted by Gasteiger charge is -2.29. The van der Waals surface area contributed by atoms with Gasteiger partial charge in [0.25, 0.3) is 5.91 Å². The van der Waals surface area contributed by atoms with Crippen molar-refractivity contribution >= 4 is 5.91 Å². The summed E-state index contributed by atoms with van der Waals surface area (Å²) in [6.07, 6.45) is 1.35. The first-order chi connectivity index (χ1) is 8.27. The number of hydrogen-bond donors (Lipinski definition) is 2. The number of carbonyl (C=O) groups excluding carboxylic acids is 1. The summed E-state index contributed by atoms with van der Waals surface area (Å²) in [5.74, 6) is 0.546. The highest BCUT2D eigenvalue weighted by Crippen LogP contribution is 2.21. The van der Waals surface area contributed by atoms with Crippen LogP contribution in [0, 0.1) is 5.92 Å². The molecule has 17 heavy (non-hydrogen) atoms. The molecule has 0 radical (unpaired) electrons. The number of piperidine rings is 1. The number of nitrogens with two attached hydrogens (primary N) is 1. The van der Waals surface area contributed by atoms with Gasteiger partial charge in [-0.05, 0) is 38.1 Å². The Bertz CT molecular complexity index is 361. The smallest absolute Gasteiger partial charge is 0.258 e. The summed E-state index contributed by atoms with van der Waals surface area (Å²) in [5.41, 5.74) is 5.43. The predicted octanol–water partition coefficient (Wildman–Crippen LogP) is 0.919. The fraction of sp³-hybridized carbons (Fsp3) is 0.462. The normalized spacial score (nSPS) is 18.6. The van der Waals surface area contributed by atoms with Crippen molar-refractivity contribution in [2.24, 2.45) is 11.7 Å². The number of hydrogen-bond acceptors (Lipinski definition) is 3. The summed E-state index contributed by atoms with van der Waals surface area (Å²) < 4.78 is 5.71. The Hall–Kier alpha value is -1.55. The number of ether oxygens (including phenoxy) is 1. The average molecular weight is 234 g/mol. The topological polar surface area (TPSA) is 64.4 Å². The van der Waals surface area contributed by atoms with Crippen molar-refractivity contribution in [1.29, 1.82) is 0 Å². The molecule has 3 N–H and O–H groups in total. The number of primary amides is 1. The summed E-state index contributed by atoms with van der Waals surface area (Å²) in [6, 6.07) is 9.37. The highest BCUT2D eigenvalue weighted by molar-refractivity contribution is 5.79. The van der Waals surface area contributed by atoms with Gasteiger partial charge in [-0.1, -0.05) is 18.2 Å². The van der Waals surface area contributed by atoms with Gasteiger partial charge >= 0.3 is 0 Å². The number of nitrogens with one attached hydrogen (secondary N) is 1. The van der Waals surface area contributed by atoms with Crippen LogP contribution in [0.25, 0.3) is 0 Å². The van der Waals surface area contributed by atoms with Crippen molar-refractivity contribution in [3.63, 3.8) is 0 Å². The van der Waals surface area contributed by atoms with Crippen molar-refractivity contribution in [3.8, 4) is 5.75 Å². The minimum absolute atomic E-state index is 0.217. The molecular formula is C13H18N2O2. The molecule has 4 nitrogen and oxygen atoms in total. The first-order valence-corrected chi connectivity index (χ1v) is 5.99. The molecule has 92 valence electrons. The molecule has 1 fully saturated rings. The third-order valence-corrected chi connectivity index (χ3v) is 3.10. The first-order valence-electron chi connectivity index (χ1n) is 5.99. The van der Waals surface area contributed by atoms with Crippen molar-refractivity contribution in [2.45, 2.75) is 18.9 Å². The van der Waals surface area contributed by atoms with Gasteiger partial charge < -0.3 is 15.8 Å². The third kappa shape index (κ3) is 3.20. The van der Waals surface area contributed by atoms with Crippen LogP contribution in [0.4, 0.5) is 0 Å². The van der Waals surface area contributed by atoms with Crippen LogP contribution < -0.4 is 15.8 Å². The Morgan fingerprint density at radius 3 is 2.53 bits per heavy atom. The van der Waals surface area contributed by atoms with Crippen molar-refractivity contribution in [1.82, 2.24) is 5.32 Å². The second-order valence-corrected chi connectivity index (χ2v) is 4.34. The van der Waals surface area contributed by atoms with E-state index in [0.29, 0.717) is 5.75 Å². The van der Waals surface area contributed by atoms with E-state index in [4.69, 9.17) is 10.5 Å². The van der Waals surface area contributed by atoms with Crippen molar-refractivity contribution in [2.75, 3.05) is 13.1 Å². The van der Waals surface area contributed by atoms with Gasteiger partial charge in [0.05, 0.1) is 0 Å². The van der Waals surface area contributed by atoms with Gasteiger partial charge in [-0.3, -0.25) is 4.79 Å². The van der Waals surface area contributed by atoms with E-state index in [1.807, 2.05) is 30.3 Å². The lowest BCUT2D eigenvalue weighted by Crippen LogP contribution is -2.44. The molecule has 1 saturated heterocycles. The van der Waals surface area contributed by atoms with Crippen LogP contribution in [0.2, 0.25) is 0 Å². The van der Waals surface area contributed by atoms with Crippen LogP contribution >= 0.6 is 0 Å². The number of carbonyl (C=O) groups is 1. The Morgan fingerprint density at radius 2 is 1.94 bits per heavy atom. The maximum atomic E-state index is 11.5. The number of para-hydroxylation sites is 1. The minimum atomic E-state index is -0.514. The molecule has 1 heterocycles. The fourth-order valence-corrected chi connectivity index (χ4v) is 2.18. The molecule has 1 unspecified atom stereocenters. The Morgan fingerprint density at radius 1 is 1.29 bits per heavy atom. The molecule has 0 aliphatic carbocycles. The zero-order chi connectivity index (χ0) is 12.1. The summed E-state index contributed by atoms with van der Waals surface area (Å²) in [6.45, 7) is 1.85. The predicted molar refractivity (Wildman–Crippen MR) is 65.6 cm³/mol. The molecule has 2 rings (SSSR count). The second-order valence-electron chi connectivity index (χ2n) is 4.34. The highest BCUT2D eigenvalue weighted by atomic mass is 16.5. The van der Waals surface area contributed by atoms with E-state index in [1.165, 1.54) is 0 Å². The first kappa shape index (κ1) is 11.9. The third-order valence-electron chi connectivity index (χ3n) is 3.10. The minimum Gasteiger partial charge on any atom is -0.480 e. The molecule has 0 bridgehead atoms. The lowest BCUT2D eigenvalue weighted by atomic mass is 9.91. The summed E-state index contributed by atoms with van der Waals surface area (Å²) in [5, 5.41) is 3.26. The molecule has 1 aromatic rings. The SMILES string of the molecule is NC(=O)C(Oc1ccccc1)C1CCNCC1. The molecule has 1 aromatic carbocycles. The van der Waals surface area contributed by atoms with Gasteiger partial charge in [-0.15, -0.1) is 0 Å². The number of amides is 1. The van der Waals surface area contributed by atoms with E-state index in [1.54, 1.807) is 0 Å². The summed E-state index contributed by atoms with van der Waals surface area (Å²) in [7, 11) is 0. The quantitative estimate of drug-likeness (QED) is 0.814. The van der Waals surface area contributed by atoms with E-state index in [-0.39, 0.29) is 11.8 Å². The molecule has 0 aromatic heterocycles. The van der Waals surface area contributed by atoms with Crippen LogP contribution in [0.3, 0.4) is 0 Å². The van der Waals surface area contributed by atoms with E-state index >= 15 is 0 Å². The lowest BCUT2D eigenvalue weighted by molar-refractivity contribution is -0.127. The van der Waals surface area contributed by atoms with Crippen LogP contribution in [0.5, 0.6) is 5.75 Å².